The van der Waals surface area contributed by atoms with Crippen molar-refractivity contribution in [1.82, 2.24) is 10.2 Å². The summed E-state index contributed by atoms with van der Waals surface area (Å²) in [6.07, 6.45) is 0. The van der Waals surface area contributed by atoms with E-state index < -0.39 is 11.9 Å². The molecule has 0 aromatic heterocycles. The lowest BCUT2D eigenvalue weighted by atomic mass is 10.2. The first-order valence-corrected chi connectivity index (χ1v) is 4.29. The molecule has 13 heavy (non-hydrogen) atoms. The van der Waals surface area contributed by atoms with Crippen LogP contribution in [0.4, 0.5) is 4.79 Å². The van der Waals surface area contributed by atoms with Gasteiger partial charge < -0.3 is 15.3 Å². The lowest BCUT2D eigenvalue weighted by Crippen LogP contribution is -2.34. The summed E-state index contributed by atoms with van der Waals surface area (Å²) in [4.78, 5) is 23.2. The Labute approximate surface area is 76.7 Å². The third-order valence-corrected chi connectivity index (χ3v) is 2.07. The SMILES string of the molecule is CC1CN(CC(C)C(=O)O)C(=O)N1. The lowest BCUT2D eigenvalue weighted by molar-refractivity contribution is -0.141. The number of hydrogen-bond acceptors (Lipinski definition) is 2. The summed E-state index contributed by atoms with van der Waals surface area (Å²) in [7, 11) is 0. The third-order valence-electron chi connectivity index (χ3n) is 2.07. The molecule has 1 rings (SSSR count). The highest BCUT2D eigenvalue weighted by molar-refractivity contribution is 5.78. The molecule has 2 N–H and O–H groups in total. The molecule has 0 spiro atoms. The van der Waals surface area contributed by atoms with E-state index in [1.165, 1.54) is 4.90 Å². The Morgan fingerprint density at radius 3 is 2.85 bits per heavy atom. The largest absolute Gasteiger partial charge is 0.481 e. The summed E-state index contributed by atoms with van der Waals surface area (Å²) in [5.41, 5.74) is 0. The smallest absolute Gasteiger partial charge is 0.317 e. The summed E-state index contributed by atoms with van der Waals surface area (Å²) in [5.74, 6) is -1.37. The molecule has 0 aromatic rings. The summed E-state index contributed by atoms with van der Waals surface area (Å²) >= 11 is 0. The van der Waals surface area contributed by atoms with E-state index >= 15 is 0 Å². The van der Waals surface area contributed by atoms with Crippen LogP contribution in [-0.2, 0) is 4.79 Å². The van der Waals surface area contributed by atoms with Crippen LogP contribution in [0.1, 0.15) is 13.8 Å². The van der Waals surface area contributed by atoms with Gasteiger partial charge in [-0.1, -0.05) is 6.92 Å². The Kier molecular flexibility index (Phi) is 2.75. The minimum absolute atomic E-state index is 0.119. The van der Waals surface area contributed by atoms with Gasteiger partial charge in [-0.2, -0.15) is 0 Å². The number of carbonyl (C=O) groups is 2. The molecule has 1 heterocycles. The van der Waals surface area contributed by atoms with Crippen molar-refractivity contribution in [3.63, 3.8) is 0 Å². The zero-order valence-electron chi connectivity index (χ0n) is 7.78. The van der Waals surface area contributed by atoms with E-state index in [0.29, 0.717) is 6.54 Å². The lowest BCUT2D eigenvalue weighted by Gasteiger charge is -2.16. The van der Waals surface area contributed by atoms with Crippen molar-refractivity contribution >= 4 is 12.0 Å². The fraction of sp³-hybridized carbons (Fsp3) is 0.750. The molecule has 74 valence electrons. The number of rotatable bonds is 3. The number of carbonyl (C=O) groups excluding carboxylic acids is 1. The number of urea groups is 1. The highest BCUT2D eigenvalue weighted by Crippen LogP contribution is 2.07. The first kappa shape index (κ1) is 9.83. The predicted octanol–water partition coefficient (Wildman–Crippen LogP) is 0.121. The molecular weight excluding hydrogens is 172 g/mol. The molecule has 0 saturated carbocycles. The van der Waals surface area contributed by atoms with Crippen molar-refractivity contribution in [2.24, 2.45) is 5.92 Å². The molecule has 1 saturated heterocycles. The Morgan fingerprint density at radius 1 is 1.85 bits per heavy atom. The second kappa shape index (κ2) is 3.64. The normalized spacial score (nSPS) is 24.3. The molecule has 1 fully saturated rings. The van der Waals surface area contributed by atoms with E-state index in [1.54, 1.807) is 6.92 Å². The third kappa shape index (κ3) is 2.34. The van der Waals surface area contributed by atoms with Gasteiger partial charge in [-0.05, 0) is 6.92 Å². The van der Waals surface area contributed by atoms with Crippen LogP contribution in [-0.4, -0.2) is 41.1 Å². The molecular formula is C8H14N2O3. The van der Waals surface area contributed by atoms with Gasteiger partial charge in [0.2, 0.25) is 0 Å². The molecule has 2 unspecified atom stereocenters. The average molecular weight is 186 g/mol. The van der Waals surface area contributed by atoms with Gasteiger partial charge in [-0.3, -0.25) is 4.79 Å². The molecule has 0 radical (unpaired) electrons. The number of nitrogens with one attached hydrogen (secondary N) is 1. The number of carboxylic acid groups (broad SMARTS) is 1. The Hall–Kier alpha value is -1.26. The Bertz CT molecular complexity index is 229. The number of amides is 2. The molecule has 0 aromatic carbocycles. The fourth-order valence-electron chi connectivity index (χ4n) is 1.33. The molecule has 1 aliphatic heterocycles. The predicted molar refractivity (Wildman–Crippen MR) is 46.4 cm³/mol. The van der Waals surface area contributed by atoms with Gasteiger partial charge in [0.25, 0.3) is 0 Å². The number of carboxylic acids is 1. The maximum absolute atomic E-state index is 11.2. The summed E-state index contributed by atoms with van der Waals surface area (Å²) in [6, 6.07) is -0.0471. The van der Waals surface area contributed by atoms with Crippen LogP contribution in [0, 0.1) is 5.92 Å². The van der Waals surface area contributed by atoms with Gasteiger partial charge in [0.15, 0.2) is 0 Å². The quantitative estimate of drug-likeness (QED) is 0.657. The topological polar surface area (TPSA) is 69.6 Å². The maximum atomic E-state index is 11.2. The molecule has 2 amide bonds. The van der Waals surface area contributed by atoms with Crippen LogP contribution in [0.15, 0.2) is 0 Å². The Morgan fingerprint density at radius 2 is 2.46 bits per heavy atom. The van der Waals surface area contributed by atoms with E-state index in [9.17, 15) is 9.59 Å². The molecule has 1 aliphatic rings. The van der Waals surface area contributed by atoms with Crippen molar-refractivity contribution in [3.05, 3.63) is 0 Å². The number of hydrogen-bond donors (Lipinski definition) is 2. The molecule has 0 bridgehead atoms. The van der Waals surface area contributed by atoms with Crippen LogP contribution in [0.3, 0.4) is 0 Å². The van der Waals surface area contributed by atoms with Crippen LogP contribution in [0.25, 0.3) is 0 Å². The highest BCUT2D eigenvalue weighted by atomic mass is 16.4. The van der Waals surface area contributed by atoms with E-state index in [2.05, 4.69) is 5.32 Å². The van der Waals surface area contributed by atoms with Crippen molar-refractivity contribution < 1.29 is 14.7 Å². The zero-order valence-corrected chi connectivity index (χ0v) is 7.78. The fourth-order valence-corrected chi connectivity index (χ4v) is 1.33. The summed E-state index contributed by atoms with van der Waals surface area (Å²) < 4.78 is 0. The molecule has 0 aliphatic carbocycles. The second-order valence-corrected chi connectivity index (χ2v) is 3.49. The Balaban J connectivity index is 2.46. The molecule has 2 atom stereocenters. The van der Waals surface area contributed by atoms with Crippen molar-refractivity contribution in [1.29, 1.82) is 0 Å². The van der Waals surface area contributed by atoms with Gasteiger partial charge in [0.1, 0.15) is 0 Å². The first-order chi connectivity index (χ1) is 6.00. The summed E-state index contributed by atoms with van der Waals surface area (Å²) in [6.45, 7) is 4.36. The van der Waals surface area contributed by atoms with Gasteiger partial charge in [-0.25, -0.2) is 4.79 Å². The van der Waals surface area contributed by atoms with Gasteiger partial charge >= 0.3 is 12.0 Å². The van der Waals surface area contributed by atoms with Crippen LogP contribution in [0.2, 0.25) is 0 Å². The minimum Gasteiger partial charge on any atom is -0.481 e. The van der Waals surface area contributed by atoms with E-state index in [1.807, 2.05) is 6.92 Å². The zero-order chi connectivity index (χ0) is 10.0. The van der Waals surface area contributed by atoms with Crippen LogP contribution in [0.5, 0.6) is 0 Å². The first-order valence-electron chi connectivity index (χ1n) is 4.29. The minimum atomic E-state index is -0.868. The average Bonchev–Trinajstić information content (AvgIpc) is 2.30. The molecule has 5 nitrogen and oxygen atoms in total. The standard InChI is InChI=1S/C8H14N2O3/c1-5(7(11)12)3-10-4-6(2)9-8(10)13/h5-6H,3-4H2,1-2H3,(H,9,13)(H,11,12). The van der Waals surface area contributed by atoms with E-state index in [-0.39, 0.29) is 18.6 Å². The maximum Gasteiger partial charge on any atom is 0.317 e. The van der Waals surface area contributed by atoms with Crippen molar-refractivity contribution in [2.45, 2.75) is 19.9 Å². The second-order valence-electron chi connectivity index (χ2n) is 3.49. The molecule has 5 heteroatoms. The number of nitrogens with zero attached hydrogens (tertiary/aromatic N) is 1. The van der Waals surface area contributed by atoms with Gasteiger partial charge in [-0.15, -0.1) is 0 Å². The van der Waals surface area contributed by atoms with Gasteiger partial charge in [0.05, 0.1) is 5.92 Å². The van der Waals surface area contributed by atoms with Gasteiger partial charge in [0, 0.05) is 19.1 Å². The van der Waals surface area contributed by atoms with Crippen molar-refractivity contribution in [2.75, 3.05) is 13.1 Å². The number of aliphatic carboxylic acids is 1. The van der Waals surface area contributed by atoms with E-state index in [4.69, 9.17) is 5.11 Å². The highest BCUT2D eigenvalue weighted by Gasteiger charge is 2.28. The monoisotopic (exact) mass is 186 g/mol. The van der Waals surface area contributed by atoms with Crippen molar-refractivity contribution in [3.8, 4) is 0 Å². The summed E-state index contributed by atoms with van der Waals surface area (Å²) in [5, 5.41) is 11.3. The van der Waals surface area contributed by atoms with E-state index in [0.717, 1.165) is 0 Å². The van der Waals surface area contributed by atoms with Crippen LogP contribution >= 0.6 is 0 Å². The van der Waals surface area contributed by atoms with Crippen LogP contribution < -0.4 is 5.32 Å².